The van der Waals surface area contributed by atoms with E-state index < -0.39 is 0 Å². The Morgan fingerprint density at radius 3 is 2.65 bits per heavy atom. The van der Waals surface area contributed by atoms with Crippen molar-refractivity contribution in [1.29, 1.82) is 0 Å². The zero-order chi connectivity index (χ0) is 13.9. The molecule has 1 aliphatic rings. The minimum absolute atomic E-state index is 0.205. The predicted molar refractivity (Wildman–Crippen MR) is 81.9 cm³/mol. The van der Waals surface area contributed by atoms with Crippen LogP contribution in [0.15, 0.2) is 48.5 Å². The quantitative estimate of drug-likeness (QED) is 0.819. The highest BCUT2D eigenvalue weighted by Crippen LogP contribution is 2.34. The van der Waals surface area contributed by atoms with Gasteiger partial charge in [0.15, 0.2) is 0 Å². The van der Waals surface area contributed by atoms with Crippen molar-refractivity contribution in [2.24, 2.45) is 5.73 Å². The van der Waals surface area contributed by atoms with Crippen molar-refractivity contribution in [2.45, 2.75) is 37.6 Å². The molecule has 2 aromatic carbocycles. The summed E-state index contributed by atoms with van der Waals surface area (Å²) >= 11 is 0. The summed E-state index contributed by atoms with van der Waals surface area (Å²) in [7, 11) is 0. The van der Waals surface area contributed by atoms with Crippen LogP contribution in [-0.4, -0.2) is 11.1 Å². The minimum atomic E-state index is 0.205. The fraction of sp³-hybridized carbons (Fsp3) is 0.333. The molecule has 0 bridgehead atoms. The fourth-order valence-electron chi connectivity index (χ4n) is 3.23. The molecule has 0 amide bonds. The number of nitrogens with two attached hydrogens (primary N) is 1. The second-order valence-corrected chi connectivity index (χ2v) is 5.81. The number of hydrogen-bond donors (Lipinski definition) is 2. The highest BCUT2D eigenvalue weighted by molar-refractivity contribution is 5.39. The Labute approximate surface area is 120 Å². The van der Waals surface area contributed by atoms with Crippen LogP contribution in [0.1, 0.15) is 35.4 Å². The molecule has 0 saturated heterocycles. The van der Waals surface area contributed by atoms with Crippen LogP contribution in [0, 0.1) is 0 Å². The van der Waals surface area contributed by atoms with Crippen molar-refractivity contribution in [1.82, 2.24) is 0 Å². The Morgan fingerprint density at radius 1 is 1.05 bits per heavy atom. The number of phenols is 1. The third kappa shape index (κ3) is 2.86. The summed E-state index contributed by atoms with van der Waals surface area (Å²) in [4.78, 5) is 0. The van der Waals surface area contributed by atoms with E-state index >= 15 is 0 Å². The Bertz CT molecular complexity index is 579. The van der Waals surface area contributed by atoms with E-state index in [0.29, 0.717) is 11.7 Å². The molecule has 2 unspecified atom stereocenters. The smallest absolute Gasteiger partial charge is 0.115 e. The molecule has 0 saturated carbocycles. The molecule has 2 atom stereocenters. The van der Waals surface area contributed by atoms with Crippen LogP contribution in [-0.2, 0) is 12.8 Å². The molecule has 2 nitrogen and oxygen atoms in total. The number of fused-ring (bicyclic) bond motifs is 1. The molecule has 3 N–H and O–H groups in total. The number of phenolic OH excluding ortho intramolecular Hbond substituents is 1. The number of aromatic hydroxyl groups is 1. The first-order chi connectivity index (χ1) is 9.72. The van der Waals surface area contributed by atoms with Gasteiger partial charge in [0, 0.05) is 6.04 Å². The number of benzene rings is 2. The first-order valence-corrected chi connectivity index (χ1v) is 7.33. The molecule has 20 heavy (non-hydrogen) atoms. The Morgan fingerprint density at radius 2 is 1.85 bits per heavy atom. The van der Waals surface area contributed by atoms with Gasteiger partial charge in [0.1, 0.15) is 5.75 Å². The van der Waals surface area contributed by atoms with Crippen molar-refractivity contribution < 1.29 is 5.11 Å². The third-order valence-corrected chi connectivity index (χ3v) is 4.26. The molecule has 2 aromatic rings. The average molecular weight is 267 g/mol. The molecular weight excluding hydrogens is 246 g/mol. The van der Waals surface area contributed by atoms with E-state index in [-0.39, 0.29) is 6.04 Å². The zero-order valence-corrected chi connectivity index (χ0v) is 11.6. The summed E-state index contributed by atoms with van der Waals surface area (Å²) in [5.74, 6) is 0.845. The van der Waals surface area contributed by atoms with Gasteiger partial charge in [-0.3, -0.25) is 0 Å². The Hall–Kier alpha value is -1.80. The monoisotopic (exact) mass is 267 g/mol. The molecule has 0 radical (unpaired) electrons. The fourth-order valence-corrected chi connectivity index (χ4v) is 3.23. The van der Waals surface area contributed by atoms with Gasteiger partial charge < -0.3 is 10.8 Å². The van der Waals surface area contributed by atoms with Crippen LogP contribution in [0.3, 0.4) is 0 Å². The van der Waals surface area contributed by atoms with Crippen molar-refractivity contribution >= 4 is 0 Å². The van der Waals surface area contributed by atoms with Gasteiger partial charge in [-0.2, -0.15) is 0 Å². The topological polar surface area (TPSA) is 46.2 Å². The Kier molecular flexibility index (Phi) is 3.75. The summed E-state index contributed by atoms with van der Waals surface area (Å²) in [6, 6.07) is 16.6. The lowest BCUT2D eigenvalue weighted by molar-refractivity contribution is 0.474. The van der Waals surface area contributed by atoms with Crippen molar-refractivity contribution in [3.63, 3.8) is 0 Å². The molecule has 0 heterocycles. The van der Waals surface area contributed by atoms with Gasteiger partial charge in [-0.1, -0.05) is 36.4 Å². The molecule has 1 aliphatic carbocycles. The molecule has 0 aromatic heterocycles. The number of rotatable bonds is 2. The summed E-state index contributed by atoms with van der Waals surface area (Å²) in [6.07, 6.45) is 4.08. The second kappa shape index (κ2) is 5.68. The van der Waals surface area contributed by atoms with Crippen LogP contribution in [0.5, 0.6) is 5.75 Å². The zero-order valence-electron chi connectivity index (χ0n) is 11.6. The molecule has 3 rings (SSSR count). The highest BCUT2D eigenvalue weighted by Gasteiger charge is 2.22. The van der Waals surface area contributed by atoms with Crippen molar-refractivity contribution in [2.75, 3.05) is 0 Å². The van der Waals surface area contributed by atoms with E-state index in [2.05, 4.69) is 36.4 Å². The van der Waals surface area contributed by atoms with Gasteiger partial charge >= 0.3 is 0 Å². The summed E-state index contributed by atoms with van der Waals surface area (Å²) in [6.45, 7) is 0. The molecule has 104 valence electrons. The standard InChI is InChI=1S/C18H21NO/c19-16-7-6-14(10-13-4-2-1-3-5-13)18-9-8-17(20)12-15(18)11-16/h1-5,8-9,12,14,16,20H,6-7,10-11,19H2. The van der Waals surface area contributed by atoms with Gasteiger partial charge in [0.25, 0.3) is 0 Å². The van der Waals surface area contributed by atoms with Gasteiger partial charge in [-0.05, 0) is 60.4 Å². The van der Waals surface area contributed by atoms with E-state index in [1.807, 2.05) is 6.07 Å². The second-order valence-electron chi connectivity index (χ2n) is 5.81. The predicted octanol–water partition coefficient (Wildman–Crippen LogP) is 3.38. The van der Waals surface area contributed by atoms with Crippen LogP contribution < -0.4 is 5.73 Å². The SMILES string of the molecule is NC1CCC(Cc2ccccc2)c2ccc(O)cc2C1. The molecule has 0 aliphatic heterocycles. The van der Waals surface area contributed by atoms with Crippen LogP contribution in [0.25, 0.3) is 0 Å². The lowest BCUT2D eigenvalue weighted by atomic mass is 9.87. The van der Waals surface area contributed by atoms with Crippen molar-refractivity contribution in [3.05, 3.63) is 65.2 Å². The van der Waals surface area contributed by atoms with E-state index in [1.165, 1.54) is 16.7 Å². The van der Waals surface area contributed by atoms with E-state index in [1.54, 1.807) is 6.07 Å². The van der Waals surface area contributed by atoms with E-state index in [4.69, 9.17) is 5.73 Å². The van der Waals surface area contributed by atoms with Gasteiger partial charge in [0.05, 0.1) is 0 Å². The largest absolute Gasteiger partial charge is 0.508 e. The van der Waals surface area contributed by atoms with Gasteiger partial charge in [0.2, 0.25) is 0 Å². The van der Waals surface area contributed by atoms with E-state index in [9.17, 15) is 5.11 Å². The van der Waals surface area contributed by atoms with E-state index in [0.717, 1.165) is 25.7 Å². The normalized spacial score (nSPS) is 22.1. The first kappa shape index (κ1) is 13.2. The van der Waals surface area contributed by atoms with Crippen LogP contribution >= 0.6 is 0 Å². The van der Waals surface area contributed by atoms with Crippen molar-refractivity contribution in [3.8, 4) is 5.75 Å². The maximum absolute atomic E-state index is 9.70. The molecule has 0 spiro atoms. The molecular formula is C18H21NO. The maximum atomic E-state index is 9.70. The van der Waals surface area contributed by atoms with Crippen LogP contribution in [0.2, 0.25) is 0 Å². The first-order valence-electron chi connectivity index (χ1n) is 7.33. The van der Waals surface area contributed by atoms with Gasteiger partial charge in [-0.25, -0.2) is 0 Å². The average Bonchev–Trinajstić information content (AvgIpc) is 2.59. The lowest BCUT2D eigenvalue weighted by Crippen LogP contribution is -2.21. The van der Waals surface area contributed by atoms with Crippen LogP contribution in [0.4, 0.5) is 0 Å². The molecule has 0 fully saturated rings. The summed E-state index contributed by atoms with van der Waals surface area (Å²) in [5, 5.41) is 9.70. The summed E-state index contributed by atoms with van der Waals surface area (Å²) < 4.78 is 0. The summed E-state index contributed by atoms with van der Waals surface area (Å²) in [5.41, 5.74) is 10.1. The van der Waals surface area contributed by atoms with Gasteiger partial charge in [-0.15, -0.1) is 0 Å². The maximum Gasteiger partial charge on any atom is 0.115 e. The Balaban J connectivity index is 1.92. The number of hydrogen-bond acceptors (Lipinski definition) is 2. The third-order valence-electron chi connectivity index (χ3n) is 4.26. The highest BCUT2D eigenvalue weighted by atomic mass is 16.3. The minimum Gasteiger partial charge on any atom is -0.508 e. The lowest BCUT2D eigenvalue weighted by Gasteiger charge is -2.18. The molecule has 2 heteroatoms.